The van der Waals surface area contributed by atoms with Crippen molar-refractivity contribution in [3.63, 3.8) is 0 Å². The summed E-state index contributed by atoms with van der Waals surface area (Å²) < 4.78 is 37.0. The molecule has 1 aromatic rings. The molecule has 41 heavy (non-hydrogen) atoms. The zero-order chi connectivity index (χ0) is 30.5. The van der Waals surface area contributed by atoms with Crippen molar-refractivity contribution in [1.82, 2.24) is 10.2 Å². The lowest BCUT2D eigenvalue weighted by atomic mass is 10.1. The molecule has 220 valence electrons. The number of halogens is 2. The van der Waals surface area contributed by atoms with Gasteiger partial charge in [-0.3, -0.25) is 14.4 Å². The van der Waals surface area contributed by atoms with Gasteiger partial charge in [0.15, 0.2) is 11.8 Å². The molecule has 1 fully saturated rings. The molecule has 1 aliphatic rings. The molecule has 1 aromatic carbocycles. The van der Waals surface area contributed by atoms with Crippen LogP contribution in [0.4, 0.5) is 8.78 Å². The van der Waals surface area contributed by atoms with Gasteiger partial charge in [0, 0.05) is 25.1 Å². The van der Waals surface area contributed by atoms with Gasteiger partial charge in [0.25, 0.3) is 5.91 Å². The topological polar surface area (TPSA) is 131 Å². The van der Waals surface area contributed by atoms with Crippen LogP contribution in [0.1, 0.15) is 52.0 Å². The second-order valence-corrected chi connectivity index (χ2v) is 9.36. The SMILES string of the molecule is CCCC(C)/C=C/C(=O)NC(C#Cc1cc(F)cc(F)c1)C(=O)N=C(COC(=O)C1CCCN1C(C)=O)C(=O)OC. The summed E-state index contributed by atoms with van der Waals surface area (Å²) in [4.78, 5) is 67.3. The second-order valence-electron chi connectivity index (χ2n) is 9.36. The Labute approximate surface area is 237 Å². The van der Waals surface area contributed by atoms with Gasteiger partial charge in [0.2, 0.25) is 11.8 Å². The first-order valence-electron chi connectivity index (χ1n) is 13.0. The minimum atomic E-state index is -1.64. The van der Waals surface area contributed by atoms with Crippen LogP contribution in [0.5, 0.6) is 0 Å². The number of methoxy groups -OCH3 is 1. The van der Waals surface area contributed by atoms with E-state index in [-0.39, 0.29) is 17.4 Å². The van der Waals surface area contributed by atoms with Gasteiger partial charge in [-0.05, 0) is 43.4 Å². The van der Waals surface area contributed by atoms with Gasteiger partial charge in [-0.15, -0.1) is 0 Å². The summed E-state index contributed by atoms with van der Waals surface area (Å²) in [6.45, 7) is 4.84. The highest BCUT2D eigenvalue weighted by Crippen LogP contribution is 2.18. The van der Waals surface area contributed by atoms with Crippen molar-refractivity contribution in [1.29, 1.82) is 0 Å². The van der Waals surface area contributed by atoms with Gasteiger partial charge in [0.05, 0.1) is 7.11 Å². The average Bonchev–Trinajstić information content (AvgIpc) is 3.42. The molecule has 3 atom stereocenters. The first-order valence-corrected chi connectivity index (χ1v) is 13.0. The molecule has 1 heterocycles. The van der Waals surface area contributed by atoms with E-state index in [0.717, 1.165) is 32.1 Å². The standard InChI is InChI=1S/C29H33F2N3O7/c1-5-7-18(2)9-12-26(36)32-23(11-10-20-14-21(30)16-22(31)15-20)27(37)33-24(28(38)40-4)17-41-29(39)25-8-6-13-34(25)19(3)35/h9,12,14-16,18,23,25H,5-8,13,17H2,1-4H3,(H,32,36)/b12-9+,33-24?. The summed E-state index contributed by atoms with van der Waals surface area (Å²) >= 11 is 0. The largest absolute Gasteiger partial charge is 0.464 e. The van der Waals surface area contributed by atoms with Crippen LogP contribution in [0, 0.1) is 29.4 Å². The van der Waals surface area contributed by atoms with Gasteiger partial charge in [-0.1, -0.05) is 38.2 Å². The number of hydrogen-bond donors (Lipinski definition) is 1. The van der Waals surface area contributed by atoms with E-state index in [1.807, 2.05) is 13.8 Å². The number of allylic oxidation sites excluding steroid dienone is 1. The molecule has 12 heteroatoms. The zero-order valence-electron chi connectivity index (χ0n) is 23.4. The summed E-state index contributed by atoms with van der Waals surface area (Å²) in [6.07, 6.45) is 5.55. The third-order valence-corrected chi connectivity index (χ3v) is 6.02. The third kappa shape index (κ3) is 10.6. The number of esters is 2. The lowest BCUT2D eigenvalue weighted by molar-refractivity contribution is -0.151. The number of carbonyl (C=O) groups excluding carboxylic acids is 5. The van der Waals surface area contributed by atoms with Crippen molar-refractivity contribution in [2.75, 3.05) is 20.3 Å². The van der Waals surface area contributed by atoms with E-state index in [2.05, 4.69) is 26.9 Å². The molecule has 2 rings (SSSR count). The number of benzene rings is 1. The first kappa shape index (κ1) is 32.8. The minimum Gasteiger partial charge on any atom is -0.464 e. The van der Waals surface area contributed by atoms with E-state index < -0.39 is 59.8 Å². The molecule has 3 unspecified atom stereocenters. The highest BCUT2D eigenvalue weighted by Gasteiger charge is 2.34. The van der Waals surface area contributed by atoms with Crippen LogP contribution < -0.4 is 5.32 Å². The van der Waals surface area contributed by atoms with Gasteiger partial charge in [0.1, 0.15) is 24.3 Å². The predicted octanol–water partition coefficient (Wildman–Crippen LogP) is 2.49. The summed E-state index contributed by atoms with van der Waals surface area (Å²) in [5.41, 5.74) is -0.706. The van der Waals surface area contributed by atoms with Crippen molar-refractivity contribution < 1.29 is 42.2 Å². The number of nitrogens with one attached hydrogen (secondary N) is 1. The average molecular weight is 574 g/mol. The molecule has 1 aliphatic heterocycles. The number of likely N-dealkylation sites (tertiary alicyclic amines) is 1. The molecular formula is C29H33F2N3O7. The van der Waals surface area contributed by atoms with Crippen LogP contribution in [0.3, 0.4) is 0 Å². The number of ether oxygens (including phenoxy) is 2. The first-order chi connectivity index (χ1) is 19.4. The Bertz CT molecular complexity index is 1260. The van der Waals surface area contributed by atoms with Crippen molar-refractivity contribution in [2.45, 2.75) is 58.5 Å². The second kappa shape index (κ2) is 16.0. The number of amides is 3. The van der Waals surface area contributed by atoms with Crippen LogP contribution in [0.25, 0.3) is 0 Å². The van der Waals surface area contributed by atoms with Gasteiger partial charge in [-0.25, -0.2) is 23.4 Å². The Morgan fingerprint density at radius 1 is 1.20 bits per heavy atom. The molecule has 1 N–H and O–H groups in total. The van der Waals surface area contributed by atoms with E-state index in [4.69, 9.17) is 4.74 Å². The summed E-state index contributed by atoms with van der Waals surface area (Å²) in [7, 11) is 1.03. The number of carbonyl (C=O) groups is 5. The zero-order valence-corrected chi connectivity index (χ0v) is 23.4. The summed E-state index contributed by atoms with van der Waals surface area (Å²) in [5.74, 6) is -0.877. The molecule has 3 amide bonds. The monoisotopic (exact) mass is 573 g/mol. The fourth-order valence-corrected chi connectivity index (χ4v) is 4.01. The lowest BCUT2D eigenvalue weighted by Crippen LogP contribution is -2.41. The van der Waals surface area contributed by atoms with E-state index in [9.17, 15) is 32.8 Å². The maximum atomic E-state index is 13.6. The Kier molecular flexibility index (Phi) is 12.8. The van der Waals surface area contributed by atoms with Crippen molar-refractivity contribution >= 4 is 35.4 Å². The molecule has 10 nitrogen and oxygen atoms in total. The van der Waals surface area contributed by atoms with E-state index in [0.29, 0.717) is 25.5 Å². The highest BCUT2D eigenvalue weighted by molar-refractivity contribution is 6.39. The van der Waals surface area contributed by atoms with E-state index >= 15 is 0 Å². The molecule has 1 saturated heterocycles. The quantitative estimate of drug-likeness (QED) is 0.197. The van der Waals surface area contributed by atoms with Crippen LogP contribution in [-0.4, -0.2) is 72.6 Å². The predicted molar refractivity (Wildman–Crippen MR) is 144 cm³/mol. The summed E-state index contributed by atoms with van der Waals surface area (Å²) in [5, 5.41) is 2.36. The fraction of sp³-hybridized carbons (Fsp3) is 0.448. The van der Waals surface area contributed by atoms with Crippen molar-refractivity contribution in [3.8, 4) is 11.8 Å². The van der Waals surface area contributed by atoms with Crippen LogP contribution >= 0.6 is 0 Å². The molecule has 0 bridgehead atoms. The number of aliphatic imine (C=N–C) groups is 1. The highest BCUT2D eigenvalue weighted by atomic mass is 19.1. The number of hydrogen-bond acceptors (Lipinski definition) is 7. The molecular weight excluding hydrogens is 540 g/mol. The number of nitrogens with zero attached hydrogens (tertiary/aromatic N) is 2. The Morgan fingerprint density at radius 2 is 1.88 bits per heavy atom. The molecule has 0 aliphatic carbocycles. The third-order valence-electron chi connectivity index (χ3n) is 6.02. The Hall–Kier alpha value is -4.40. The van der Waals surface area contributed by atoms with Crippen LogP contribution in [0.15, 0.2) is 35.3 Å². The smallest absolute Gasteiger partial charge is 0.356 e. The van der Waals surface area contributed by atoms with Gasteiger partial charge >= 0.3 is 11.9 Å². The van der Waals surface area contributed by atoms with Gasteiger partial charge in [-0.2, -0.15) is 0 Å². The molecule has 0 saturated carbocycles. The molecule has 0 spiro atoms. The van der Waals surface area contributed by atoms with Crippen molar-refractivity contribution in [2.24, 2.45) is 10.9 Å². The number of rotatable bonds is 10. The van der Waals surface area contributed by atoms with Gasteiger partial charge < -0.3 is 19.7 Å². The van der Waals surface area contributed by atoms with Crippen LogP contribution in [0.2, 0.25) is 0 Å². The van der Waals surface area contributed by atoms with Crippen LogP contribution in [-0.2, 0) is 33.4 Å². The van der Waals surface area contributed by atoms with E-state index in [1.165, 1.54) is 17.9 Å². The van der Waals surface area contributed by atoms with E-state index in [1.54, 1.807) is 6.08 Å². The fourth-order valence-electron chi connectivity index (χ4n) is 4.01. The molecule has 0 radical (unpaired) electrons. The summed E-state index contributed by atoms with van der Waals surface area (Å²) in [6, 6.07) is 0.0309. The Morgan fingerprint density at radius 3 is 2.49 bits per heavy atom. The maximum absolute atomic E-state index is 13.6. The normalized spacial score (nSPS) is 16.4. The lowest BCUT2D eigenvalue weighted by Gasteiger charge is -2.21. The van der Waals surface area contributed by atoms with Crippen molar-refractivity contribution in [3.05, 3.63) is 47.5 Å². The Balaban J connectivity index is 2.31. The molecule has 0 aromatic heterocycles. The maximum Gasteiger partial charge on any atom is 0.356 e. The minimum absolute atomic E-state index is 0.0821.